The summed E-state index contributed by atoms with van der Waals surface area (Å²) >= 11 is 8.27. The van der Waals surface area contributed by atoms with E-state index < -0.39 is 11.9 Å². The predicted molar refractivity (Wildman–Crippen MR) is 121 cm³/mol. The number of carbonyl (C=O) groups is 1. The zero-order valence-corrected chi connectivity index (χ0v) is 19.1. The summed E-state index contributed by atoms with van der Waals surface area (Å²) in [6.07, 6.45) is -4.59. The lowest BCUT2D eigenvalue weighted by Gasteiger charge is -2.36. The maximum absolute atomic E-state index is 13.3. The molecule has 1 amide bonds. The van der Waals surface area contributed by atoms with Crippen LogP contribution in [0.4, 0.5) is 18.9 Å². The Hall–Kier alpha value is -2.30. The van der Waals surface area contributed by atoms with Gasteiger partial charge in [-0.3, -0.25) is 4.79 Å². The van der Waals surface area contributed by atoms with E-state index in [1.165, 1.54) is 11.3 Å². The number of carbonyl (C=O) groups excluding carboxylic acids is 1. The first-order valence-electron chi connectivity index (χ1n) is 9.71. The Kier molecular flexibility index (Phi) is 6.92. The number of aromatic nitrogens is 2. The summed E-state index contributed by atoms with van der Waals surface area (Å²) in [5.74, 6) is -0.179. The highest BCUT2D eigenvalue weighted by molar-refractivity contribution is 7.99. The third kappa shape index (κ3) is 5.54. The monoisotopic (exact) mass is 498 g/mol. The molecule has 1 fully saturated rings. The molecule has 168 valence electrons. The maximum atomic E-state index is 13.3. The van der Waals surface area contributed by atoms with Crippen molar-refractivity contribution in [2.75, 3.05) is 36.8 Å². The van der Waals surface area contributed by atoms with Gasteiger partial charge in [0.2, 0.25) is 5.91 Å². The lowest BCUT2D eigenvalue weighted by atomic mass is 10.2. The Morgan fingerprint density at radius 2 is 1.88 bits per heavy atom. The number of amides is 1. The molecule has 3 aromatic rings. The first-order chi connectivity index (χ1) is 15.3. The minimum atomic E-state index is -4.59. The van der Waals surface area contributed by atoms with Gasteiger partial charge in [-0.15, -0.1) is 11.3 Å². The first kappa shape index (κ1) is 22.9. The third-order valence-corrected chi connectivity index (χ3v) is 6.86. The second kappa shape index (κ2) is 9.68. The number of benzene rings is 1. The number of piperazine rings is 1. The fraction of sp³-hybridized carbons (Fsp3) is 0.286. The van der Waals surface area contributed by atoms with Gasteiger partial charge in [-0.25, -0.2) is 9.97 Å². The van der Waals surface area contributed by atoms with E-state index in [9.17, 15) is 18.0 Å². The zero-order valence-electron chi connectivity index (χ0n) is 16.7. The molecule has 11 heteroatoms. The molecule has 0 atom stereocenters. The van der Waals surface area contributed by atoms with Crippen molar-refractivity contribution in [3.63, 3.8) is 0 Å². The number of nitrogens with zero attached hydrogens (tertiary/aromatic N) is 4. The van der Waals surface area contributed by atoms with Gasteiger partial charge < -0.3 is 9.80 Å². The van der Waals surface area contributed by atoms with E-state index in [-0.39, 0.29) is 22.5 Å². The van der Waals surface area contributed by atoms with Crippen LogP contribution in [-0.4, -0.2) is 52.7 Å². The Morgan fingerprint density at radius 1 is 1.09 bits per heavy atom. The summed E-state index contributed by atoms with van der Waals surface area (Å²) in [6, 6.07) is 11.9. The number of halogens is 4. The molecule has 32 heavy (non-hydrogen) atoms. The van der Waals surface area contributed by atoms with Gasteiger partial charge in [-0.2, -0.15) is 13.2 Å². The fourth-order valence-corrected chi connectivity index (χ4v) is 4.92. The van der Waals surface area contributed by atoms with E-state index >= 15 is 0 Å². The number of anilines is 1. The summed E-state index contributed by atoms with van der Waals surface area (Å²) in [5.41, 5.74) is 0.186. The normalized spacial score (nSPS) is 14.6. The summed E-state index contributed by atoms with van der Waals surface area (Å²) < 4.78 is 39.9. The van der Waals surface area contributed by atoms with Crippen LogP contribution in [0.25, 0.3) is 10.6 Å². The van der Waals surface area contributed by atoms with E-state index in [4.69, 9.17) is 11.6 Å². The molecule has 0 N–H and O–H groups in total. The van der Waals surface area contributed by atoms with Crippen LogP contribution in [0.15, 0.2) is 53.0 Å². The lowest BCUT2D eigenvalue weighted by Crippen LogP contribution is -2.49. The number of hydrogen-bond acceptors (Lipinski definition) is 6. The molecule has 0 spiro atoms. The van der Waals surface area contributed by atoms with Crippen LogP contribution in [0.1, 0.15) is 5.69 Å². The second-order valence-electron chi connectivity index (χ2n) is 7.03. The second-order valence-corrected chi connectivity index (χ2v) is 9.36. The highest BCUT2D eigenvalue weighted by atomic mass is 35.5. The van der Waals surface area contributed by atoms with Gasteiger partial charge in [-0.1, -0.05) is 35.5 Å². The van der Waals surface area contributed by atoms with Crippen molar-refractivity contribution in [3.8, 4) is 10.6 Å². The summed E-state index contributed by atoms with van der Waals surface area (Å²) in [6.45, 7) is 2.35. The van der Waals surface area contributed by atoms with Crippen LogP contribution < -0.4 is 4.90 Å². The van der Waals surface area contributed by atoms with E-state index in [0.717, 1.165) is 23.5 Å². The summed E-state index contributed by atoms with van der Waals surface area (Å²) in [5, 5.41) is 2.36. The van der Waals surface area contributed by atoms with Crippen molar-refractivity contribution in [2.45, 2.75) is 11.3 Å². The average molecular weight is 499 g/mol. The van der Waals surface area contributed by atoms with Crippen LogP contribution in [0.5, 0.6) is 0 Å². The third-order valence-electron chi connectivity index (χ3n) is 4.90. The van der Waals surface area contributed by atoms with Gasteiger partial charge in [0.15, 0.2) is 5.16 Å². The molecular formula is C21H18ClF3N4OS2. The standard InChI is InChI=1S/C21H18ClF3N4OS2/c22-14-3-1-4-15(11-14)28-6-8-29(9-7-28)19(30)13-32-20-26-16(17-5-2-10-31-17)12-18(27-20)21(23,24)25/h1-5,10-12H,6-9,13H2. The molecule has 0 unspecified atom stereocenters. The number of thiophene rings is 1. The lowest BCUT2D eigenvalue weighted by molar-refractivity contribution is -0.141. The van der Waals surface area contributed by atoms with Crippen molar-refractivity contribution < 1.29 is 18.0 Å². The number of hydrogen-bond donors (Lipinski definition) is 0. The zero-order chi connectivity index (χ0) is 22.7. The minimum Gasteiger partial charge on any atom is -0.368 e. The Morgan fingerprint density at radius 3 is 2.53 bits per heavy atom. The molecule has 0 aliphatic carbocycles. The van der Waals surface area contributed by atoms with Gasteiger partial charge in [0.05, 0.1) is 16.3 Å². The molecule has 1 aliphatic heterocycles. The molecule has 1 aliphatic rings. The molecule has 1 saturated heterocycles. The molecule has 0 bridgehead atoms. The molecule has 4 rings (SSSR count). The van der Waals surface area contributed by atoms with Gasteiger partial charge in [-0.05, 0) is 35.7 Å². The van der Waals surface area contributed by atoms with E-state index in [1.54, 1.807) is 22.4 Å². The Bertz CT molecular complexity index is 1090. The highest BCUT2D eigenvalue weighted by Gasteiger charge is 2.34. The minimum absolute atomic E-state index is 0.0254. The Balaban J connectivity index is 1.39. The van der Waals surface area contributed by atoms with Gasteiger partial charge in [0.1, 0.15) is 5.69 Å². The Labute approximate surface area is 196 Å². The van der Waals surface area contributed by atoms with Crippen LogP contribution in [0.2, 0.25) is 5.02 Å². The van der Waals surface area contributed by atoms with Crippen molar-refractivity contribution in [2.24, 2.45) is 0 Å². The van der Waals surface area contributed by atoms with Crippen LogP contribution in [0.3, 0.4) is 0 Å². The smallest absolute Gasteiger partial charge is 0.368 e. The van der Waals surface area contributed by atoms with E-state index in [2.05, 4.69) is 14.9 Å². The topological polar surface area (TPSA) is 49.3 Å². The number of rotatable bonds is 5. The summed E-state index contributed by atoms with van der Waals surface area (Å²) in [4.78, 5) is 25.0. The first-order valence-corrected chi connectivity index (χ1v) is 12.0. The molecular weight excluding hydrogens is 481 g/mol. The molecule has 0 saturated carbocycles. The molecule has 3 heterocycles. The van der Waals surface area contributed by atoms with Gasteiger partial charge in [0, 0.05) is 36.9 Å². The quantitative estimate of drug-likeness (QED) is 0.352. The highest BCUT2D eigenvalue weighted by Crippen LogP contribution is 2.33. The van der Waals surface area contributed by atoms with E-state index in [0.29, 0.717) is 36.1 Å². The average Bonchev–Trinajstić information content (AvgIpc) is 3.32. The van der Waals surface area contributed by atoms with E-state index in [1.807, 2.05) is 24.3 Å². The molecule has 5 nitrogen and oxygen atoms in total. The number of thioether (sulfide) groups is 1. The fourth-order valence-electron chi connectivity index (χ4n) is 3.29. The van der Waals surface area contributed by atoms with Crippen LogP contribution >= 0.6 is 34.7 Å². The van der Waals surface area contributed by atoms with Crippen molar-refractivity contribution in [1.82, 2.24) is 14.9 Å². The number of alkyl halides is 3. The van der Waals surface area contributed by atoms with Gasteiger partial charge >= 0.3 is 6.18 Å². The molecule has 1 aromatic carbocycles. The largest absolute Gasteiger partial charge is 0.433 e. The maximum Gasteiger partial charge on any atom is 0.433 e. The van der Waals surface area contributed by atoms with Crippen molar-refractivity contribution >= 4 is 46.3 Å². The molecule has 2 aromatic heterocycles. The van der Waals surface area contributed by atoms with Crippen molar-refractivity contribution in [1.29, 1.82) is 0 Å². The van der Waals surface area contributed by atoms with Gasteiger partial charge in [0.25, 0.3) is 0 Å². The van der Waals surface area contributed by atoms with Crippen LogP contribution in [-0.2, 0) is 11.0 Å². The SMILES string of the molecule is O=C(CSc1nc(-c2cccs2)cc(C(F)(F)F)n1)N1CCN(c2cccc(Cl)c2)CC1. The van der Waals surface area contributed by atoms with Crippen LogP contribution in [0, 0.1) is 0 Å². The predicted octanol–water partition coefficient (Wildman–Crippen LogP) is 5.32. The van der Waals surface area contributed by atoms with Crippen molar-refractivity contribution in [3.05, 3.63) is 58.6 Å². The molecule has 0 radical (unpaired) electrons. The summed E-state index contributed by atoms with van der Waals surface area (Å²) in [7, 11) is 0.